The smallest absolute Gasteiger partial charge is 0.334 e. The molecule has 0 saturated heterocycles. The van der Waals surface area contributed by atoms with Crippen LogP contribution < -0.4 is 10.6 Å². The number of benzene rings is 2. The van der Waals surface area contributed by atoms with Crippen LogP contribution in [0.5, 0.6) is 0 Å². The molecule has 0 aliphatic rings. The van der Waals surface area contributed by atoms with E-state index in [1.165, 1.54) is 18.2 Å². The van der Waals surface area contributed by atoms with Gasteiger partial charge in [-0.2, -0.15) is 13.2 Å². The van der Waals surface area contributed by atoms with Crippen LogP contribution in [0.3, 0.4) is 0 Å². The molecule has 0 amide bonds. The van der Waals surface area contributed by atoms with Crippen LogP contribution >= 0.6 is 27.5 Å². The Labute approximate surface area is 179 Å². The Kier molecular flexibility index (Phi) is 6.08. The quantitative estimate of drug-likeness (QED) is 0.235. The molecule has 0 radical (unpaired) electrons. The van der Waals surface area contributed by atoms with Gasteiger partial charge in [0.05, 0.1) is 21.2 Å². The lowest BCUT2D eigenvalue weighted by atomic mass is 10.2. The summed E-state index contributed by atoms with van der Waals surface area (Å²) >= 11 is 8.67. The van der Waals surface area contributed by atoms with Crippen molar-refractivity contribution < 1.29 is 22.5 Å². The maximum Gasteiger partial charge on any atom is 0.417 e. The molecule has 30 heavy (non-hydrogen) atoms. The number of alkyl halides is 3. The number of halogens is 6. The molecule has 1 heterocycles. The zero-order valence-electron chi connectivity index (χ0n) is 14.5. The maximum absolute atomic E-state index is 14.1. The topological polar surface area (TPSA) is 93.0 Å². The van der Waals surface area contributed by atoms with Crippen molar-refractivity contribution in [3.05, 3.63) is 73.7 Å². The van der Waals surface area contributed by atoms with Crippen molar-refractivity contribution in [2.24, 2.45) is 0 Å². The number of nitrogens with zero attached hydrogens (tertiary/aromatic N) is 3. The highest BCUT2D eigenvalue weighted by molar-refractivity contribution is 9.10. The molecular weight excluding hydrogens is 498 g/mol. The summed E-state index contributed by atoms with van der Waals surface area (Å²) in [4.78, 5) is 18.2. The minimum atomic E-state index is -4.72. The molecule has 3 aromatic rings. The van der Waals surface area contributed by atoms with Gasteiger partial charge in [-0.1, -0.05) is 27.5 Å². The second-order valence-corrected chi connectivity index (χ2v) is 7.07. The molecule has 3 rings (SSSR count). The number of nitro groups is 1. The molecule has 0 atom stereocenters. The molecule has 2 N–H and O–H groups in total. The molecule has 0 spiro atoms. The van der Waals surface area contributed by atoms with Crippen molar-refractivity contribution >= 4 is 56.2 Å². The third-order valence-corrected chi connectivity index (χ3v) is 4.55. The number of nitrogens with one attached hydrogen (secondary N) is 2. The fraction of sp³-hybridized carbons (Fsp3) is 0.0588. The zero-order chi connectivity index (χ0) is 22.1. The molecule has 156 valence electrons. The van der Waals surface area contributed by atoms with E-state index < -0.39 is 39.0 Å². The van der Waals surface area contributed by atoms with E-state index in [0.29, 0.717) is 10.5 Å². The van der Waals surface area contributed by atoms with Crippen LogP contribution in [0.15, 0.2) is 47.2 Å². The number of aromatic nitrogens is 2. The van der Waals surface area contributed by atoms with Crippen molar-refractivity contribution in [3.63, 3.8) is 0 Å². The monoisotopic (exact) mass is 505 g/mol. The molecule has 0 aliphatic carbocycles. The molecule has 0 aliphatic heterocycles. The van der Waals surface area contributed by atoms with Gasteiger partial charge >= 0.3 is 11.9 Å². The Hall–Kier alpha value is -2.99. The summed E-state index contributed by atoms with van der Waals surface area (Å²) in [5.41, 5.74) is -2.06. The van der Waals surface area contributed by atoms with Crippen LogP contribution in [0.4, 0.5) is 46.3 Å². The first-order chi connectivity index (χ1) is 14.1. The first-order valence-electron chi connectivity index (χ1n) is 7.91. The molecule has 7 nitrogen and oxygen atoms in total. The summed E-state index contributed by atoms with van der Waals surface area (Å²) < 4.78 is 53.7. The summed E-state index contributed by atoms with van der Waals surface area (Å²) in [6.45, 7) is 0. The van der Waals surface area contributed by atoms with Crippen molar-refractivity contribution in [2.75, 3.05) is 10.6 Å². The van der Waals surface area contributed by atoms with Crippen LogP contribution in [0.2, 0.25) is 5.02 Å². The maximum atomic E-state index is 14.1. The highest BCUT2D eigenvalue weighted by atomic mass is 79.9. The minimum absolute atomic E-state index is 0.100. The van der Waals surface area contributed by atoms with Crippen LogP contribution in [0.1, 0.15) is 5.56 Å². The fourth-order valence-electron chi connectivity index (χ4n) is 2.41. The van der Waals surface area contributed by atoms with Gasteiger partial charge in [0.25, 0.3) is 0 Å². The molecule has 2 aromatic carbocycles. The third-order valence-electron chi connectivity index (χ3n) is 3.72. The molecule has 1 aromatic heterocycles. The standard InChI is InChI=1S/C17H9BrClF4N5O2/c18-8-1-4-13(12(20)5-8)27-16-14(28(29)30)15(24-7-25-16)26-9-2-3-11(19)10(6-9)17(21,22)23/h1-7H,(H2,24,25,26,27). The normalized spacial score (nSPS) is 11.3. The van der Waals surface area contributed by atoms with E-state index in [9.17, 15) is 27.7 Å². The number of rotatable bonds is 5. The van der Waals surface area contributed by atoms with Gasteiger partial charge in [-0.05, 0) is 36.4 Å². The molecule has 0 saturated carbocycles. The summed E-state index contributed by atoms with van der Waals surface area (Å²) in [6.07, 6.45) is -3.78. The number of hydrogen-bond donors (Lipinski definition) is 2. The highest BCUT2D eigenvalue weighted by Crippen LogP contribution is 2.38. The number of anilines is 4. The Bertz CT molecular complexity index is 1130. The highest BCUT2D eigenvalue weighted by Gasteiger charge is 2.33. The van der Waals surface area contributed by atoms with Gasteiger partial charge in [-0.25, -0.2) is 14.4 Å². The van der Waals surface area contributed by atoms with E-state index in [2.05, 4.69) is 36.5 Å². The van der Waals surface area contributed by atoms with E-state index in [-0.39, 0.29) is 17.2 Å². The van der Waals surface area contributed by atoms with E-state index >= 15 is 0 Å². The van der Waals surface area contributed by atoms with Crippen LogP contribution in [-0.4, -0.2) is 14.9 Å². The first-order valence-corrected chi connectivity index (χ1v) is 9.08. The average molecular weight is 507 g/mol. The molecule has 0 bridgehead atoms. The SMILES string of the molecule is O=[N+]([O-])c1c(Nc2ccc(Cl)c(C(F)(F)F)c2)ncnc1Nc1ccc(Br)cc1F. The van der Waals surface area contributed by atoms with Crippen LogP contribution in [-0.2, 0) is 6.18 Å². The van der Waals surface area contributed by atoms with Crippen molar-refractivity contribution in [3.8, 4) is 0 Å². The predicted molar refractivity (Wildman–Crippen MR) is 106 cm³/mol. The van der Waals surface area contributed by atoms with E-state index in [0.717, 1.165) is 18.5 Å². The largest absolute Gasteiger partial charge is 0.417 e. The predicted octanol–water partition coefficient (Wildman–Crippen LogP) is 6.45. The van der Waals surface area contributed by atoms with E-state index in [1.54, 1.807) is 0 Å². The van der Waals surface area contributed by atoms with Gasteiger partial charge in [0.15, 0.2) is 0 Å². The average Bonchev–Trinajstić information content (AvgIpc) is 2.64. The van der Waals surface area contributed by atoms with Gasteiger partial charge in [-0.15, -0.1) is 0 Å². The summed E-state index contributed by atoms with van der Waals surface area (Å²) in [5, 5.41) is 16.0. The Morgan fingerprint density at radius 2 is 1.73 bits per heavy atom. The summed E-state index contributed by atoms with van der Waals surface area (Å²) in [5.74, 6) is -1.46. The van der Waals surface area contributed by atoms with Crippen molar-refractivity contribution in [1.82, 2.24) is 9.97 Å². The number of hydrogen-bond acceptors (Lipinski definition) is 6. The first kappa shape index (κ1) is 21.7. The minimum Gasteiger partial charge on any atom is -0.334 e. The second kappa shape index (κ2) is 8.40. The van der Waals surface area contributed by atoms with Crippen molar-refractivity contribution in [1.29, 1.82) is 0 Å². The van der Waals surface area contributed by atoms with Crippen LogP contribution in [0.25, 0.3) is 0 Å². The Balaban J connectivity index is 2.00. The van der Waals surface area contributed by atoms with Gasteiger partial charge in [0, 0.05) is 10.2 Å². The zero-order valence-corrected chi connectivity index (χ0v) is 16.8. The molecule has 0 fully saturated rings. The third kappa shape index (κ3) is 4.76. The van der Waals surface area contributed by atoms with Crippen molar-refractivity contribution in [2.45, 2.75) is 6.18 Å². The summed E-state index contributed by atoms with van der Waals surface area (Å²) in [7, 11) is 0. The lowest BCUT2D eigenvalue weighted by molar-refractivity contribution is -0.383. The van der Waals surface area contributed by atoms with E-state index in [4.69, 9.17) is 11.6 Å². The molecule has 0 unspecified atom stereocenters. The van der Waals surface area contributed by atoms with Gasteiger partial charge in [-0.3, -0.25) is 10.1 Å². The lowest BCUT2D eigenvalue weighted by Crippen LogP contribution is -2.08. The molecule has 13 heteroatoms. The van der Waals surface area contributed by atoms with Crippen LogP contribution in [0, 0.1) is 15.9 Å². The Morgan fingerprint density at radius 1 is 1.07 bits per heavy atom. The van der Waals surface area contributed by atoms with E-state index in [1.807, 2.05) is 0 Å². The van der Waals surface area contributed by atoms with Gasteiger partial charge in [0.1, 0.15) is 12.1 Å². The van der Waals surface area contributed by atoms with Gasteiger partial charge < -0.3 is 10.6 Å². The Morgan fingerprint density at radius 3 is 2.33 bits per heavy atom. The fourth-order valence-corrected chi connectivity index (χ4v) is 2.97. The molecular formula is C17H9BrClF4N5O2. The second-order valence-electron chi connectivity index (χ2n) is 5.74. The summed E-state index contributed by atoms with van der Waals surface area (Å²) in [6, 6.07) is 6.86. The van der Waals surface area contributed by atoms with Gasteiger partial charge in [0.2, 0.25) is 11.6 Å². The lowest BCUT2D eigenvalue weighted by Gasteiger charge is -2.13.